The van der Waals surface area contributed by atoms with E-state index in [4.69, 9.17) is 12.2 Å². The third-order valence-corrected chi connectivity index (χ3v) is 4.43. The average molecular weight is 319 g/mol. The van der Waals surface area contributed by atoms with E-state index in [9.17, 15) is 0 Å². The molecule has 0 aliphatic heterocycles. The molecular formula is C17H22N2S2. The van der Waals surface area contributed by atoms with Crippen LogP contribution in [0.2, 0.25) is 0 Å². The summed E-state index contributed by atoms with van der Waals surface area (Å²) in [6, 6.07) is 12.7. The molecule has 1 aromatic heterocycles. The van der Waals surface area contributed by atoms with Crippen molar-refractivity contribution in [1.82, 2.24) is 5.32 Å². The molecule has 2 rings (SSSR count). The fourth-order valence-corrected chi connectivity index (χ4v) is 2.91. The molecule has 0 amide bonds. The van der Waals surface area contributed by atoms with Crippen molar-refractivity contribution in [3.8, 4) is 0 Å². The molecule has 0 saturated carbocycles. The Labute approximate surface area is 136 Å². The summed E-state index contributed by atoms with van der Waals surface area (Å²) in [5, 5.41) is 9.24. The highest BCUT2D eigenvalue weighted by atomic mass is 32.1. The van der Waals surface area contributed by atoms with Crippen LogP contribution >= 0.6 is 23.6 Å². The minimum Gasteiger partial charge on any atom is -0.362 e. The van der Waals surface area contributed by atoms with Gasteiger partial charge in [0.25, 0.3) is 0 Å². The number of hydrogen-bond acceptors (Lipinski definition) is 2. The lowest BCUT2D eigenvalue weighted by Crippen LogP contribution is -2.30. The van der Waals surface area contributed by atoms with E-state index in [1.54, 1.807) is 11.3 Å². The summed E-state index contributed by atoms with van der Waals surface area (Å²) in [7, 11) is 0. The number of thiophene rings is 1. The number of hydrogen-bond donors (Lipinski definition) is 2. The van der Waals surface area contributed by atoms with Crippen LogP contribution in [0.4, 0.5) is 5.69 Å². The summed E-state index contributed by atoms with van der Waals surface area (Å²) in [5.41, 5.74) is 2.53. The maximum atomic E-state index is 5.32. The van der Waals surface area contributed by atoms with Crippen LogP contribution < -0.4 is 10.6 Å². The van der Waals surface area contributed by atoms with Gasteiger partial charge in [0.1, 0.15) is 0 Å². The molecule has 0 aliphatic rings. The number of rotatable bonds is 4. The molecule has 2 N–H and O–H groups in total. The van der Waals surface area contributed by atoms with Crippen LogP contribution in [-0.4, -0.2) is 11.7 Å². The Kier molecular flexibility index (Phi) is 5.37. The standard InChI is InChI=1S/C17H22N2S2/c1-17(2,3)13-6-8-14(9-7-13)19-16(20)18-11-10-15-5-4-12-21-15/h4-9,12H,10-11H2,1-3H3,(H2,18,19,20). The monoisotopic (exact) mass is 318 g/mol. The second-order valence-electron chi connectivity index (χ2n) is 6.04. The molecule has 0 atom stereocenters. The zero-order valence-electron chi connectivity index (χ0n) is 12.8. The second kappa shape index (κ2) is 7.05. The molecule has 0 saturated heterocycles. The van der Waals surface area contributed by atoms with Crippen LogP contribution in [-0.2, 0) is 11.8 Å². The number of nitrogens with one attached hydrogen (secondary N) is 2. The van der Waals surface area contributed by atoms with Gasteiger partial charge in [0.15, 0.2) is 5.11 Å². The largest absolute Gasteiger partial charge is 0.362 e. The molecule has 112 valence electrons. The summed E-state index contributed by atoms with van der Waals surface area (Å²) < 4.78 is 0. The zero-order valence-corrected chi connectivity index (χ0v) is 14.4. The van der Waals surface area contributed by atoms with E-state index in [-0.39, 0.29) is 5.41 Å². The van der Waals surface area contributed by atoms with Crippen LogP contribution in [0.25, 0.3) is 0 Å². The summed E-state index contributed by atoms with van der Waals surface area (Å²) in [6.45, 7) is 7.50. The van der Waals surface area contributed by atoms with E-state index >= 15 is 0 Å². The topological polar surface area (TPSA) is 24.1 Å². The Balaban J connectivity index is 1.79. The van der Waals surface area contributed by atoms with E-state index in [1.807, 2.05) is 0 Å². The molecule has 0 fully saturated rings. The maximum Gasteiger partial charge on any atom is 0.170 e. The highest BCUT2D eigenvalue weighted by Crippen LogP contribution is 2.23. The van der Waals surface area contributed by atoms with Crippen molar-refractivity contribution >= 4 is 34.4 Å². The lowest BCUT2D eigenvalue weighted by atomic mass is 9.87. The van der Waals surface area contributed by atoms with Crippen molar-refractivity contribution in [3.63, 3.8) is 0 Å². The Bertz CT molecular complexity index is 566. The first-order valence-corrected chi connectivity index (χ1v) is 8.42. The fraction of sp³-hybridized carbons (Fsp3) is 0.353. The van der Waals surface area contributed by atoms with Gasteiger partial charge in [-0.1, -0.05) is 39.0 Å². The van der Waals surface area contributed by atoms with Gasteiger partial charge < -0.3 is 10.6 Å². The van der Waals surface area contributed by atoms with Gasteiger partial charge in [-0.15, -0.1) is 11.3 Å². The molecule has 2 nitrogen and oxygen atoms in total. The van der Waals surface area contributed by atoms with Gasteiger partial charge in [-0.05, 0) is 53.2 Å². The highest BCUT2D eigenvalue weighted by Gasteiger charge is 2.12. The predicted molar refractivity (Wildman–Crippen MR) is 97.4 cm³/mol. The Morgan fingerprint density at radius 1 is 1.14 bits per heavy atom. The van der Waals surface area contributed by atoms with Gasteiger partial charge in [0.2, 0.25) is 0 Å². The number of anilines is 1. The molecule has 4 heteroatoms. The van der Waals surface area contributed by atoms with Gasteiger partial charge in [0.05, 0.1) is 0 Å². The molecule has 1 aromatic carbocycles. The summed E-state index contributed by atoms with van der Waals surface area (Å²) in [6.07, 6.45) is 1.00. The van der Waals surface area contributed by atoms with Crippen molar-refractivity contribution in [2.24, 2.45) is 0 Å². The van der Waals surface area contributed by atoms with Gasteiger partial charge in [0, 0.05) is 17.1 Å². The lowest BCUT2D eigenvalue weighted by Gasteiger charge is -2.19. The van der Waals surface area contributed by atoms with Gasteiger partial charge >= 0.3 is 0 Å². The fourth-order valence-electron chi connectivity index (χ4n) is 1.98. The molecule has 0 unspecified atom stereocenters. The Morgan fingerprint density at radius 2 is 1.86 bits per heavy atom. The van der Waals surface area contributed by atoms with E-state index in [2.05, 4.69) is 73.2 Å². The normalized spacial score (nSPS) is 11.2. The molecular weight excluding hydrogens is 296 g/mol. The molecule has 0 spiro atoms. The first-order chi connectivity index (χ1) is 9.95. The van der Waals surface area contributed by atoms with Crippen LogP contribution in [0.15, 0.2) is 41.8 Å². The first kappa shape index (κ1) is 16.0. The molecule has 2 aromatic rings. The molecule has 1 heterocycles. The molecule has 0 aliphatic carbocycles. The van der Waals surface area contributed by atoms with Crippen molar-refractivity contribution in [3.05, 3.63) is 52.2 Å². The van der Waals surface area contributed by atoms with Gasteiger partial charge in [-0.2, -0.15) is 0 Å². The van der Waals surface area contributed by atoms with E-state index in [0.29, 0.717) is 5.11 Å². The van der Waals surface area contributed by atoms with E-state index in [1.165, 1.54) is 10.4 Å². The zero-order chi connectivity index (χ0) is 15.3. The third-order valence-electron chi connectivity index (χ3n) is 3.25. The molecule has 0 radical (unpaired) electrons. The van der Waals surface area contributed by atoms with Crippen LogP contribution in [0.1, 0.15) is 31.2 Å². The maximum absolute atomic E-state index is 5.32. The van der Waals surface area contributed by atoms with Crippen LogP contribution in [0, 0.1) is 0 Å². The summed E-state index contributed by atoms with van der Waals surface area (Å²) >= 11 is 7.10. The molecule has 0 bridgehead atoms. The predicted octanol–water partition coefficient (Wildman–Crippen LogP) is 4.57. The van der Waals surface area contributed by atoms with Crippen molar-refractivity contribution in [2.45, 2.75) is 32.6 Å². The van der Waals surface area contributed by atoms with Crippen molar-refractivity contribution in [1.29, 1.82) is 0 Å². The highest BCUT2D eigenvalue weighted by molar-refractivity contribution is 7.80. The quantitative estimate of drug-likeness (QED) is 0.807. The first-order valence-electron chi connectivity index (χ1n) is 7.13. The third kappa shape index (κ3) is 5.14. The smallest absolute Gasteiger partial charge is 0.170 e. The minimum atomic E-state index is 0.179. The Hall–Kier alpha value is -1.39. The summed E-state index contributed by atoms with van der Waals surface area (Å²) in [4.78, 5) is 1.37. The van der Waals surface area contributed by atoms with Gasteiger partial charge in [-0.3, -0.25) is 0 Å². The Morgan fingerprint density at radius 3 is 2.43 bits per heavy atom. The van der Waals surface area contributed by atoms with Crippen LogP contribution in [0.3, 0.4) is 0 Å². The number of benzene rings is 1. The average Bonchev–Trinajstić information content (AvgIpc) is 2.91. The SMILES string of the molecule is CC(C)(C)c1ccc(NC(=S)NCCc2cccs2)cc1. The van der Waals surface area contributed by atoms with E-state index in [0.717, 1.165) is 18.7 Å². The van der Waals surface area contributed by atoms with E-state index < -0.39 is 0 Å². The number of thiocarbonyl (C=S) groups is 1. The van der Waals surface area contributed by atoms with Gasteiger partial charge in [-0.25, -0.2) is 0 Å². The lowest BCUT2D eigenvalue weighted by molar-refractivity contribution is 0.590. The second-order valence-corrected chi connectivity index (χ2v) is 7.48. The molecule has 21 heavy (non-hydrogen) atoms. The van der Waals surface area contributed by atoms with Crippen molar-refractivity contribution < 1.29 is 0 Å². The summed E-state index contributed by atoms with van der Waals surface area (Å²) in [5.74, 6) is 0. The van der Waals surface area contributed by atoms with Crippen LogP contribution in [0.5, 0.6) is 0 Å². The van der Waals surface area contributed by atoms with Crippen molar-refractivity contribution in [2.75, 3.05) is 11.9 Å². The minimum absolute atomic E-state index is 0.179.